The molecule has 0 spiro atoms. The van der Waals surface area contributed by atoms with Crippen molar-refractivity contribution in [3.05, 3.63) is 11.8 Å². The average molecular weight is 211 g/mol. The predicted octanol–water partition coefficient (Wildman–Crippen LogP) is -0.0419. The van der Waals surface area contributed by atoms with Crippen molar-refractivity contribution in [1.82, 2.24) is 4.90 Å². The molecule has 0 radical (unpaired) electrons. The number of amides is 1. The minimum atomic E-state index is -1.07. The summed E-state index contributed by atoms with van der Waals surface area (Å²) in [6.07, 6.45) is 2.46. The Balaban J connectivity index is 2.31. The van der Waals surface area contributed by atoms with E-state index in [-0.39, 0.29) is 24.3 Å². The van der Waals surface area contributed by atoms with Gasteiger partial charge in [0.2, 0.25) is 5.91 Å². The fraction of sp³-hybridized carbons (Fsp3) is 0.600. The molecule has 0 aromatic heterocycles. The van der Waals surface area contributed by atoms with Crippen molar-refractivity contribution < 1.29 is 19.8 Å². The van der Waals surface area contributed by atoms with Crippen LogP contribution in [0, 0.1) is 5.41 Å². The lowest BCUT2D eigenvalue weighted by atomic mass is 9.76. The molecule has 0 saturated carbocycles. The lowest BCUT2D eigenvalue weighted by Crippen LogP contribution is -2.55. The number of carbonyl (C=O) groups excluding carboxylic acids is 1. The molecule has 0 aromatic rings. The van der Waals surface area contributed by atoms with Gasteiger partial charge < -0.3 is 15.1 Å². The molecule has 1 saturated heterocycles. The second kappa shape index (κ2) is 3.06. The molecule has 2 heterocycles. The maximum absolute atomic E-state index is 11.3. The van der Waals surface area contributed by atoms with Crippen LogP contribution in [0.2, 0.25) is 0 Å². The first-order chi connectivity index (χ1) is 6.99. The van der Waals surface area contributed by atoms with Crippen LogP contribution in [0.1, 0.15) is 19.8 Å². The minimum Gasteiger partial charge on any atom is -0.477 e. The third-order valence-electron chi connectivity index (χ3n) is 3.31. The Morgan fingerprint density at radius 3 is 2.80 bits per heavy atom. The van der Waals surface area contributed by atoms with E-state index in [9.17, 15) is 9.59 Å². The van der Waals surface area contributed by atoms with Crippen molar-refractivity contribution in [3.8, 4) is 0 Å². The van der Waals surface area contributed by atoms with Crippen molar-refractivity contribution in [2.24, 2.45) is 5.41 Å². The maximum atomic E-state index is 11.3. The van der Waals surface area contributed by atoms with Crippen LogP contribution in [-0.4, -0.2) is 39.6 Å². The van der Waals surface area contributed by atoms with Gasteiger partial charge in [0.15, 0.2) is 0 Å². The first-order valence-electron chi connectivity index (χ1n) is 4.88. The van der Waals surface area contributed by atoms with Crippen molar-refractivity contribution in [1.29, 1.82) is 0 Å². The summed E-state index contributed by atoms with van der Waals surface area (Å²) >= 11 is 0. The summed E-state index contributed by atoms with van der Waals surface area (Å²) in [4.78, 5) is 23.5. The fourth-order valence-electron chi connectivity index (χ4n) is 2.37. The van der Waals surface area contributed by atoms with Crippen LogP contribution in [0.4, 0.5) is 0 Å². The zero-order valence-electron chi connectivity index (χ0n) is 8.43. The summed E-state index contributed by atoms with van der Waals surface area (Å²) in [5.41, 5.74) is -0.330. The van der Waals surface area contributed by atoms with Crippen LogP contribution in [-0.2, 0) is 9.59 Å². The van der Waals surface area contributed by atoms with E-state index in [1.807, 2.05) is 6.92 Å². The number of carbonyl (C=O) groups is 2. The number of hydrogen-bond acceptors (Lipinski definition) is 3. The summed E-state index contributed by atoms with van der Waals surface area (Å²) in [5.74, 6) is -1.22. The predicted molar refractivity (Wildman–Crippen MR) is 50.8 cm³/mol. The van der Waals surface area contributed by atoms with E-state index < -0.39 is 11.4 Å². The third-order valence-corrected chi connectivity index (χ3v) is 3.31. The Bertz CT molecular complexity index is 362. The van der Waals surface area contributed by atoms with E-state index in [1.165, 1.54) is 4.90 Å². The molecule has 2 aliphatic heterocycles. The SMILES string of the molecule is CC1(CCO)C=C(C(=O)O)N2C(=O)C[C@H]21. The molecular formula is C10H13NO4. The zero-order chi connectivity index (χ0) is 11.2. The van der Waals surface area contributed by atoms with Crippen molar-refractivity contribution in [2.45, 2.75) is 25.8 Å². The summed E-state index contributed by atoms with van der Waals surface area (Å²) in [6.45, 7) is 1.88. The molecule has 1 amide bonds. The molecule has 2 aliphatic rings. The van der Waals surface area contributed by atoms with Gasteiger partial charge >= 0.3 is 5.97 Å². The molecule has 0 aliphatic carbocycles. The summed E-state index contributed by atoms with van der Waals surface area (Å²) < 4.78 is 0. The Morgan fingerprint density at radius 1 is 1.73 bits per heavy atom. The topological polar surface area (TPSA) is 77.8 Å². The number of β-lactam (4-membered cyclic amide) rings is 1. The number of nitrogens with zero attached hydrogens (tertiary/aromatic N) is 1. The molecule has 2 rings (SSSR count). The minimum absolute atomic E-state index is 0.00156. The Hall–Kier alpha value is -1.36. The molecule has 0 aromatic carbocycles. The first kappa shape index (κ1) is 10.2. The van der Waals surface area contributed by atoms with Crippen molar-refractivity contribution in [3.63, 3.8) is 0 Å². The number of carboxylic acids is 1. The zero-order valence-corrected chi connectivity index (χ0v) is 8.43. The van der Waals surface area contributed by atoms with E-state index in [0.717, 1.165) is 0 Å². The Kier molecular flexibility index (Phi) is 2.08. The number of aliphatic carboxylic acids is 1. The third kappa shape index (κ3) is 1.26. The van der Waals surface area contributed by atoms with E-state index in [2.05, 4.69) is 0 Å². The van der Waals surface area contributed by atoms with Gasteiger partial charge in [0.1, 0.15) is 5.70 Å². The molecule has 2 atom stereocenters. The Morgan fingerprint density at radius 2 is 2.40 bits per heavy atom. The quantitative estimate of drug-likeness (QED) is 0.642. The fourth-order valence-corrected chi connectivity index (χ4v) is 2.37. The van der Waals surface area contributed by atoms with E-state index in [1.54, 1.807) is 6.08 Å². The van der Waals surface area contributed by atoms with Crippen LogP contribution in [0.15, 0.2) is 11.8 Å². The van der Waals surface area contributed by atoms with Gasteiger partial charge in [0, 0.05) is 18.4 Å². The molecule has 82 valence electrons. The number of aliphatic hydroxyl groups excluding tert-OH is 1. The molecule has 5 heteroatoms. The lowest BCUT2D eigenvalue weighted by molar-refractivity contribution is -0.150. The van der Waals surface area contributed by atoms with Gasteiger partial charge in [-0.3, -0.25) is 4.79 Å². The van der Waals surface area contributed by atoms with E-state index >= 15 is 0 Å². The smallest absolute Gasteiger partial charge is 0.352 e. The summed E-state index contributed by atoms with van der Waals surface area (Å²) in [5, 5.41) is 17.9. The molecule has 1 unspecified atom stereocenters. The second-order valence-electron chi connectivity index (χ2n) is 4.30. The maximum Gasteiger partial charge on any atom is 0.352 e. The number of carboxylic acid groups (broad SMARTS) is 1. The summed E-state index contributed by atoms with van der Waals surface area (Å²) in [6, 6.07) is -0.0803. The number of hydrogen-bond donors (Lipinski definition) is 2. The van der Waals surface area contributed by atoms with Crippen LogP contribution >= 0.6 is 0 Å². The largest absolute Gasteiger partial charge is 0.477 e. The van der Waals surface area contributed by atoms with Crippen LogP contribution in [0.25, 0.3) is 0 Å². The van der Waals surface area contributed by atoms with Gasteiger partial charge in [-0.15, -0.1) is 0 Å². The molecular weight excluding hydrogens is 198 g/mol. The second-order valence-corrected chi connectivity index (χ2v) is 4.30. The van der Waals surface area contributed by atoms with Gasteiger partial charge in [-0.1, -0.05) is 6.92 Å². The van der Waals surface area contributed by atoms with Gasteiger partial charge in [-0.2, -0.15) is 0 Å². The average Bonchev–Trinajstić information content (AvgIpc) is 2.35. The standard InChI is InChI=1S/C10H13NO4/c1-10(2-3-12)5-6(9(14)15)11-7(10)4-8(11)13/h5,7,12H,2-4H2,1H3,(H,14,15)/t7-,10?/m0/s1. The van der Waals surface area contributed by atoms with Gasteiger partial charge in [-0.05, 0) is 12.5 Å². The van der Waals surface area contributed by atoms with Crippen molar-refractivity contribution >= 4 is 11.9 Å². The van der Waals surface area contributed by atoms with Gasteiger partial charge in [0.25, 0.3) is 0 Å². The number of aliphatic hydroxyl groups is 1. The normalized spacial score (nSPS) is 33.5. The molecule has 5 nitrogen and oxygen atoms in total. The monoisotopic (exact) mass is 211 g/mol. The highest BCUT2D eigenvalue weighted by Gasteiger charge is 2.54. The van der Waals surface area contributed by atoms with Crippen LogP contribution in [0.5, 0.6) is 0 Å². The van der Waals surface area contributed by atoms with E-state index in [4.69, 9.17) is 10.2 Å². The molecule has 2 N–H and O–H groups in total. The molecule has 1 fully saturated rings. The van der Waals surface area contributed by atoms with E-state index in [0.29, 0.717) is 12.8 Å². The van der Waals surface area contributed by atoms with Crippen LogP contribution in [0.3, 0.4) is 0 Å². The molecule has 15 heavy (non-hydrogen) atoms. The lowest BCUT2D eigenvalue weighted by Gasteiger charge is -2.43. The van der Waals surface area contributed by atoms with Gasteiger partial charge in [0.05, 0.1) is 6.04 Å². The first-order valence-corrected chi connectivity index (χ1v) is 4.88. The Labute approximate surface area is 87.0 Å². The highest BCUT2D eigenvalue weighted by atomic mass is 16.4. The highest BCUT2D eigenvalue weighted by Crippen LogP contribution is 2.47. The number of fused-ring (bicyclic) bond motifs is 1. The molecule has 0 bridgehead atoms. The van der Waals surface area contributed by atoms with Crippen molar-refractivity contribution in [2.75, 3.05) is 6.61 Å². The van der Waals surface area contributed by atoms with Crippen LogP contribution < -0.4 is 0 Å². The highest BCUT2D eigenvalue weighted by molar-refractivity contribution is 5.97. The summed E-state index contributed by atoms with van der Waals surface area (Å²) in [7, 11) is 0. The van der Waals surface area contributed by atoms with Gasteiger partial charge in [-0.25, -0.2) is 4.79 Å². The number of rotatable bonds is 3.